The lowest BCUT2D eigenvalue weighted by Gasteiger charge is -2.11. The zero-order valence-corrected chi connectivity index (χ0v) is 12.8. The summed E-state index contributed by atoms with van der Waals surface area (Å²) in [4.78, 5) is 11.5. The molecule has 0 bridgehead atoms. The molecule has 0 unspecified atom stereocenters. The van der Waals surface area contributed by atoms with Gasteiger partial charge in [0.25, 0.3) is 0 Å². The van der Waals surface area contributed by atoms with Gasteiger partial charge in [0.15, 0.2) is 0 Å². The summed E-state index contributed by atoms with van der Waals surface area (Å²) in [7, 11) is 0. The second-order valence-electron chi connectivity index (χ2n) is 4.93. The van der Waals surface area contributed by atoms with Gasteiger partial charge in [0.2, 0.25) is 0 Å². The average molecular weight is 318 g/mol. The largest absolute Gasteiger partial charge is 0.489 e. The number of carbonyl (C=O) groups is 1. The first kappa shape index (κ1) is 16.6. The van der Waals surface area contributed by atoms with Crippen LogP contribution in [0.3, 0.4) is 0 Å². The Morgan fingerprint density at radius 3 is 2.61 bits per heavy atom. The topological polar surface area (TPSA) is 73.6 Å². The molecule has 0 saturated heterocycles. The van der Waals surface area contributed by atoms with Crippen LogP contribution in [-0.4, -0.2) is 12.7 Å². The van der Waals surface area contributed by atoms with Crippen molar-refractivity contribution in [3.63, 3.8) is 0 Å². The number of hydrogen-bond donors (Lipinski definition) is 2. The highest BCUT2D eigenvalue weighted by atomic mass is 19.1. The molecule has 0 saturated carbocycles. The number of halogens is 1. The van der Waals surface area contributed by atoms with Crippen molar-refractivity contribution in [2.24, 2.45) is 0 Å². The van der Waals surface area contributed by atoms with E-state index < -0.39 is 6.09 Å². The van der Waals surface area contributed by atoms with Gasteiger partial charge in [-0.1, -0.05) is 19.1 Å². The fourth-order valence-electron chi connectivity index (χ4n) is 1.83. The number of anilines is 2. The van der Waals surface area contributed by atoms with Crippen LogP contribution in [0.1, 0.15) is 18.9 Å². The summed E-state index contributed by atoms with van der Waals surface area (Å²) in [6.45, 7) is 2.56. The molecule has 5 nitrogen and oxygen atoms in total. The Bertz CT molecular complexity index is 659. The average Bonchev–Trinajstić information content (AvgIpc) is 2.54. The number of ether oxygens (including phenoxy) is 2. The van der Waals surface area contributed by atoms with Crippen LogP contribution in [0.2, 0.25) is 0 Å². The Morgan fingerprint density at radius 1 is 1.22 bits per heavy atom. The van der Waals surface area contributed by atoms with E-state index in [2.05, 4.69) is 5.32 Å². The Balaban J connectivity index is 1.93. The molecule has 0 aliphatic carbocycles. The monoisotopic (exact) mass is 318 g/mol. The third kappa shape index (κ3) is 5.18. The van der Waals surface area contributed by atoms with E-state index in [0.717, 1.165) is 12.0 Å². The summed E-state index contributed by atoms with van der Waals surface area (Å²) in [5, 5.41) is 2.57. The van der Waals surface area contributed by atoms with Crippen LogP contribution in [-0.2, 0) is 11.3 Å². The molecule has 0 heterocycles. The van der Waals surface area contributed by atoms with E-state index in [1.54, 1.807) is 30.3 Å². The van der Waals surface area contributed by atoms with Gasteiger partial charge >= 0.3 is 6.09 Å². The highest BCUT2D eigenvalue weighted by Gasteiger charge is 2.07. The standard InChI is InChI=1S/C17H19FN2O3/c1-2-9-22-17(21)20-16-8-7-14(10-15(16)19)23-11-12-3-5-13(18)6-4-12/h3-8,10H,2,9,11,19H2,1H3,(H,20,21). The number of nitrogens with two attached hydrogens (primary N) is 1. The maximum atomic E-state index is 12.8. The molecule has 0 atom stereocenters. The van der Waals surface area contributed by atoms with Gasteiger partial charge in [-0.05, 0) is 36.2 Å². The van der Waals surface area contributed by atoms with Crippen LogP contribution in [0, 0.1) is 5.82 Å². The highest BCUT2D eigenvalue weighted by molar-refractivity contribution is 5.89. The molecule has 0 radical (unpaired) electrons. The van der Waals surface area contributed by atoms with E-state index >= 15 is 0 Å². The van der Waals surface area contributed by atoms with Crippen LogP contribution in [0.5, 0.6) is 5.75 Å². The fraction of sp³-hybridized carbons (Fsp3) is 0.235. The predicted octanol–water partition coefficient (Wildman–Crippen LogP) is 3.95. The van der Waals surface area contributed by atoms with Crippen LogP contribution in [0.4, 0.5) is 20.6 Å². The van der Waals surface area contributed by atoms with E-state index in [1.807, 2.05) is 6.92 Å². The van der Waals surface area contributed by atoms with Gasteiger partial charge in [0.05, 0.1) is 18.0 Å². The predicted molar refractivity (Wildman–Crippen MR) is 86.8 cm³/mol. The summed E-state index contributed by atoms with van der Waals surface area (Å²) >= 11 is 0. The molecule has 0 spiro atoms. The van der Waals surface area contributed by atoms with Gasteiger partial charge < -0.3 is 15.2 Å². The number of nitrogen functional groups attached to an aromatic ring is 1. The van der Waals surface area contributed by atoms with Crippen molar-refractivity contribution in [1.82, 2.24) is 0 Å². The third-order valence-corrected chi connectivity index (χ3v) is 3.02. The lowest BCUT2D eigenvalue weighted by atomic mass is 10.2. The third-order valence-electron chi connectivity index (χ3n) is 3.02. The maximum absolute atomic E-state index is 12.8. The van der Waals surface area contributed by atoms with Gasteiger partial charge in [-0.25, -0.2) is 9.18 Å². The molecule has 2 rings (SSSR count). The summed E-state index contributed by atoms with van der Waals surface area (Å²) in [6.07, 6.45) is 0.206. The molecule has 0 aliphatic rings. The van der Waals surface area contributed by atoms with Crippen molar-refractivity contribution in [3.05, 3.63) is 53.8 Å². The molecular weight excluding hydrogens is 299 g/mol. The van der Waals surface area contributed by atoms with E-state index in [4.69, 9.17) is 15.2 Å². The number of amides is 1. The van der Waals surface area contributed by atoms with E-state index in [9.17, 15) is 9.18 Å². The minimum Gasteiger partial charge on any atom is -0.489 e. The number of benzene rings is 2. The van der Waals surface area contributed by atoms with Gasteiger partial charge in [-0.15, -0.1) is 0 Å². The molecule has 23 heavy (non-hydrogen) atoms. The first-order valence-electron chi connectivity index (χ1n) is 7.29. The van der Waals surface area contributed by atoms with E-state index in [-0.39, 0.29) is 5.82 Å². The summed E-state index contributed by atoms with van der Waals surface area (Å²) in [5.74, 6) is 0.266. The molecule has 2 aromatic rings. The van der Waals surface area contributed by atoms with Crippen LogP contribution < -0.4 is 15.8 Å². The fourth-order valence-corrected chi connectivity index (χ4v) is 1.83. The van der Waals surface area contributed by atoms with Crippen molar-refractivity contribution >= 4 is 17.5 Å². The zero-order chi connectivity index (χ0) is 16.7. The second kappa shape index (κ2) is 8.03. The molecule has 122 valence electrons. The van der Waals surface area contributed by atoms with Gasteiger partial charge in [-0.3, -0.25) is 5.32 Å². The molecule has 1 amide bonds. The van der Waals surface area contributed by atoms with Crippen molar-refractivity contribution < 1.29 is 18.7 Å². The van der Waals surface area contributed by atoms with Gasteiger partial charge in [0.1, 0.15) is 18.2 Å². The normalized spacial score (nSPS) is 10.2. The van der Waals surface area contributed by atoms with Crippen LogP contribution >= 0.6 is 0 Å². The maximum Gasteiger partial charge on any atom is 0.411 e. The van der Waals surface area contributed by atoms with E-state index in [1.165, 1.54) is 12.1 Å². The van der Waals surface area contributed by atoms with E-state index in [0.29, 0.717) is 30.3 Å². The lowest BCUT2D eigenvalue weighted by Crippen LogP contribution is -2.15. The first-order chi connectivity index (χ1) is 11.1. The molecule has 3 N–H and O–H groups in total. The summed E-state index contributed by atoms with van der Waals surface area (Å²) in [6, 6.07) is 11.0. The molecule has 6 heteroatoms. The lowest BCUT2D eigenvalue weighted by molar-refractivity contribution is 0.161. The zero-order valence-electron chi connectivity index (χ0n) is 12.8. The number of carbonyl (C=O) groups excluding carboxylic acids is 1. The second-order valence-corrected chi connectivity index (χ2v) is 4.93. The van der Waals surface area contributed by atoms with Crippen molar-refractivity contribution in [2.45, 2.75) is 20.0 Å². The molecular formula is C17H19FN2O3. The van der Waals surface area contributed by atoms with Crippen molar-refractivity contribution in [1.29, 1.82) is 0 Å². The molecule has 0 aliphatic heterocycles. The summed E-state index contributed by atoms with van der Waals surface area (Å²) < 4.78 is 23.3. The van der Waals surface area contributed by atoms with Crippen LogP contribution in [0.25, 0.3) is 0 Å². The number of nitrogens with one attached hydrogen (secondary N) is 1. The Kier molecular flexibility index (Phi) is 5.80. The van der Waals surface area contributed by atoms with Crippen LogP contribution in [0.15, 0.2) is 42.5 Å². The summed E-state index contributed by atoms with van der Waals surface area (Å²) in [5.41, 5.74) is 7.56. The molecule has 2 aromatic carbocycles. The van der Waals surface area contributed by atoms with Crippen molar-refractivity contribution in [3.8, 4) is 5.75 Å². The SMILES string of the molecule is CCCOC(=O)Nc1ccc(OCc2ccc(F)cc2)cc1N. The Labute approximate surface area is 134 Å². The highest BCUT2D eigenvalue weighted by Crippen LogP contribution is 2.25. The molecule has 0 aromatic heterocycles. The smallest absolute Gasteiger partial charge is 0.411 e. The van der Waals surface area contributed by atoms with Gasteiger partial charge in [0, 0.05) is 6.07 Å². The first-order valence-corrected chi connectivity index (χ1v) is 7.29. The number of hydrogen-bond acceptors (Lipinski definition) is 4. The Morgan fingerprint density at radius 2 is 1.96 bits per heavy atom. The van der Waals surface area contributed by atoms with Crippen molar-refractivity contribution in [2.75, 3.05) is 17.7 Å². The minimum absolute atomic E-state index is 0.289. The van der Waals surface area contributed by atoms with Gasteiger partial charge in [-0.2, -0.15) is 0 Å². The Hall–Kier alpha value is -2.76. The minimum atomic E-state index is -0.543. The quantitative estimate of drug-likeness (QED) is 0.791. The number of rotatable bonds is 6. The molecule has 0 fully saturated rings.